The fraction of sp³-hybridized carbons (Fsp3) is 0.923. The van der Waals surface area contributed by atoms with Crippen LogP contribution in [0.5, 0.6) is 0 Å². The molecule has 4 N–H and O–H groups in total. The quantitative estimate of drug-likeness (QED) is 0.492. The van der Waals surface area contributed by atoms with Gasteiger partial charge in [-0.05, 0) is 25.2 Å². The fourth-order valence-electron chi connectivity index (χ4n) is 2.74. The fourth-order valence-corrected chi connectivity index (χ4v) is 2.74. The van der Waals surface area contributed by atoms with E-state index in [4.69, 9.17) is 5.73 Å². The van der Waals surface area contributed by atoms with E-state index in [0.29, 0.717) is 12.6 Å². The van der Waals surface area contributed by atoms with Gasteiger partial charge in [-0.3, -0.25) is 0 Å². The Morgan fingerprint density at radius 3 is 2.76 bits per heavy atom. The highest BCUT2D eigenvalue weighted by atomic mass is 16.2. The third-order valence-corrected chi connectivity index (χ3v) is 3.64. The van der Waals surface area contributed by atoms with Crippen LogP contribution in [0.15, 0.2) is 0 Å². The van der Waals surface area contributed by atoms with Gasteiger partial charge in [0.15, 0.2) is 0 Å². The van der Waals surface area contributed by atoms with Crippen molar-refractivity contribution in [3.05, 3.63) is 0 Å². The molecule has 1 rings (SSSR count). The highest BCUT2D eigenvalue weighted by Gasteiger charge is 2.17. The van der Waals surface area contributed by atoms with Crippen molar-refractivity contribution < 1.29 is 4.79 Å². The molecule has 17 heavy (non-hydrogen) atoms. The average molecular weight is 241 g/mol. The monoisotopic (exact) mass is 241 g/mol. The maximum atomic E-state index is 10.5. The summed E-state index contributed by atoms with van der Waals surface area (Å²) < 4.78 is 0. The number of hydrogen-bond donors (Lipinski definition) is 3. The van der Waals surface area contributed by atoms with Gasteiger partial charge in [0.05, 0.1) is 0 Å². The molecule has 1 aliphatic carbocycles. The van der Waals surface area contributed by atoms with E-state index in [1.165, 1.54) is 44.9 Å². The van der Waals surface area contributed by atoms with E-state index in [-0.39, 0.29) is 0 Å². The van der Waals surface area contributed by atoms with Gasteiger partial charge < -0.3 is 16.4 Å². The van der Waals surface area contributed by atoms with Crippen molar-refractivity contribution in [3.63, 3.8) is 0 Å². The number of nitrogens with two attached hydrogens (primary N) is 1. The molecule has 2 atom stereocenters. The first-order valence-electron chi connectivity index (χ1n) is 6.99. The zero-order valence-electron chi connectivity index (χ0n) is 11.0. The second-order valence-electron chi connectivity index (χ2n) is 5.11. The second kappa shape index (κ2) is 8.34. The topological polar surface area (TPSA) is 67.2 Å². The minimum absolute atomic E-state index is 0.435. The summed E-state index contributed by atoms with van der Waals surface area (Å²) >= 11 is 0. The first kappa shape index (κ1) is 14.3. The maximum Gasteiger partial charge on any atom is 0.312 e. The number of nitrogens with one attached hydrogen (secondary N) is 2. The van der Waals surface area contributed by atoms with Gasteiger partial charge in [0.25, 0.3) is 0 Å². The molecule has 1 saturated carbocycles. The number of amides is 2. The lowest BCUT2D eigenvalue weighted by atomic mass is 9.95. The van der Waals surface area contributed by atoms with E-state index >= 15 is 0 Å². The van der Waals surface area contributed by atoms with Crippen LogP contribution in [0.2, 0.25) is 0 Å². The summed E-state index contributed by atoms with van der Waals surface area (Å²) in [7, 11) is 0. The average Bonchev–Trinajstić information content (AvgIpc) is 2.51. The zero-order chi connectivity index (χ0) is 12.5. The lowest BCUT2D eigenvalue weighted by Crippen LogP contribution is -2.38. The highest BCUT2D eigenvalue weighted by molar-refractivity contribution is 5.71. The summed E-state index contributed by atoms with van der Waals surface area (Å²) in [6.07, 6.45) is 9.34. The third-order valence-electron chi connectivity index (χ3n) is 3.64. The van der Waals surface area contributed by atoms with Gasteiger partial charge in [0.1, 0.15) is 0 Å². The molecule has 0 heterocycles. The van der Waals surface area contributed by atoms with Crippen LogP contribution < -0.4 is 16.4 Å². The van der Waals surface area contributed by atoms with Gasteiger partial charge in [0.2, 0.25) is 0 Å². The first-order valence-corrected chi connectivity index (χ1v) is 6.99. The Morgan fingerprint density at radius 1 is 1.24 bits per heavy atom. The summed E-state index contributed by atoms with van der Waals surface area (Å²) in [5.74, 6) is 0.940. The van der Waals surface area contributed by atoms with Crippen LogP contribution in [0.3, 0.4) is 0 Å². The molecule has 4 heteroatoms. The number of carbonyl (C=O) groups is 1. The third kappa shape index (κ3) is 6.51. The lowest BCUT2D eigenvalue weighted by molar-refractivity contribution is 0.248. The standard InChI is InChI=1S/C13H27N3O/c1-2-4-11-5-3-6-12(8-7-11)15-9-10-16-13(14)17/h11-12,15H,2-10H2,1H3,(H3,14,16,17). The van der Waals surface area contributed by atoms with Gasteiger partial charge in [-0.15, -0.1) is 0 Å². The summed E-state index contributed by atoms with van der Waals surface area (Å²) in [5, 5.41) is 6.12. The van der Waals surface area contributed by atoms with E-state index in [2.05, 4.69) is 17.6 Å². The van der Waals surface area contributed by atoms with Gasteiger partial charge in [0, 0.05) is 19.1 Å². The van der Waals surface area contributed by atoms with Gasteiger partial charge in [-0.1, -0.05) is 32.6 Å². The smallest absolute Gasteiger partial charge is 0.312 e. The molecule has 0 aromatic heterocycles. The van der Waals surface area contributed by atoms with E-state index in [0.717, 1.165) is 12.5 Å². The molecule has 0 aromatic rings. The summed E-state index contributed by atoms with van der Waals surface area (Å²) in [6, 6.07) is 0.196. The van der Waals surface area contributed by atoms with Crippen LogP contribution in [-0.2, 0) is 0 Å². The molecule has 0 aromatic carbocycles. The Hall–Kier alpha value is -0.770. The van der Waals surface area contributed by atoms with Crippen LogP contribution in [0, 0.1) is 5.92 Å². The van der Waals surface area contributed by atoms with Crippen molar-refractivity contribution in [2.75, 3.05) is 13.1 Å². The molecule has 2 amide bonds. The number of rotatable bonds is 6. The highest BCUT2D eigenvalue weighted by Crippen LogP contribution is 2.26. The number of hydrogen-bond acceptors (Lipinski definition) is 2. The molecule has 0 saturated heterocycles. The first-order chi connectivity index (χ1) is 8.22. The molecular weight excluding hydrogens is 214 g/mol. The predicted molar refractivity (Wildman–Crippen MR) is 70.9 cm³/mol. The molecule has 4 nitrogen and oxygen atoms in total. The second-order valence-corrected chi connectivity index (χ2v) is 5.11. The van der Waals surface area contributed by atoms with E-state index < -0.39 is 6.03 Å². The lowest BCUT2D eigenvalue weighted by Gasteiger charge is -2.16. The van der Waals surface area contributed by atoms with E-state index in [9.17, 15) is 4.79 Å². The number of carbonyl (C=O) groups excluding carboxylic acids is 1. The van der Waals surface area contributed by atoms with Crippen molar-refractivity contribution in [2.45, 2.75) is 57.9 Å². The molecule has 1 aliphatic rings. The van der Waals surface area contributed by atoms with Crippen LogP contribution in [0.1, 0.15) is 51.9 Å². The Balaban J connectivity index is 2.11. The molecule has 0 bridgehead atoms. The van der Waals surface area contributed by atoms with Gasteiger partial charge in [-0.25, -0.2) is 4.79 Å². The molecule has 0 aliphatic heterocycles. The molecule has 0 radical (unpaired) electrons. The van der Waals surface area contributed by atoms with Crippen LogP contribution in [-0.4, -0.2) is 25.2 Å². The van der Waals surface area contributed by atoms with Gasteiger partial charge in [-0.2, -0.15) is 0 Å². The largest absolute Gasteiger partial charge is 0.352 e. The van der Waals surface area contributed by atoms with Crippen molar-refractivity contribution >= 4 is 6.03 Å². The normalized spacial score (nSPS) is 25.2. The van der Waals surface area contributed by atoms with Crippen molar-refractivity contribution in [2.24, 2.45) is 11.7 Å². The minimum atomic E-state index is -0.435. The molecular formula is C13H27N3O. The molecule has 2 unspecified atom stereocenters. The summed E-state index contributed by atoms with van der Waals surface area (Å²) in [4.78, 5) is 10.5. The maximum absolute atomic E-state index is 10.5. The molecule has 100 valence electrons. The Morgan fingerprint density at radius 2 is 2.06 bits per heavy atom. The SMILES string of the molecule is CCCC1CCCC(NCCNC(N)=O)CC1. The zero-order valence-corrected chi connectivity index (χ0v) is 11.0. The van der Waals surface area contributed by atoms with E-state index in [1.54, 1.807) is 0 Å². The molecule has 1 fully saturated rings. The van der Waals surface area contributed by atoms with Crippen LogP contribution in [0.25, 0.3) is 0 Å². The Labute approximate surface area is 105 Å². The van der Waals surface area contributed by atoms with Crippen molar-refractivity contribution in [1.29, 1.82) is 0 Å². The van der Waals surface area contributed by atoms with Crippen molar-refractivity contribution in [1.82, 2.24) is 10.6 Å². The van der Waals surface area contributed by atoms with Gasteiger partial charge >= 0.3 is 6.03 Å². The van der Waals surface area contributed by atoms with Crippen LogP contribution >= 0.6 is 0 Å². The number of primary amides is 1. The van der Waals surface area contributed by atoms with Crippen LogP contribution in [0.4, 0.5) is 4.79 Å². The van der Waals surface area contributed by atoms with E-state index in [1.807, 2.05) is 0 Å². The molecule has 0 spiro atoms. The van der Waals surface area contributed by atoms with Crippen molar-refractivity contribution in [3.8, 4) is 0 Å². The Kier molecular flexibility index (Phi) is 7.01. The predicted octanol–water partition coefficient (Wildman–Crippen LogP) is 1.99. The summed E-state index contributed by atoms with van der Waals surface area (Å²) in [6.45, 7) is 3.73. The Bertz CT molecular complexity index is 221. The number of urea groups is 1. The minimum Gasteiger partial charge on any atom is -0.352 e. The summed E-state index contributed by atoms with van der Waals surface area (Å²) in [5.41, 5.74) is 5.01.